The summed E-state index contributed by atoms with van der Waals surface area (Å²) in [6, 6.07) is 10.6. The Morgan fingerprint density at radius 2 is 1.95 bits per heavy atom. The predicted molar refractivity (Wildman–Crippen MR) is 145 cm³/mol. The molecule has 12 heteroatoms. The summed E-state index contributed by atoms with van der Waals surface area (Å²) < 4.78 is 17.2. The number of hydrogen-bond acceptors (Lipinski definition) is 8. The molecule has 2 aliphatic rings. The fraction of sp³-hybridized carbons (Fsp3) is 0.280. The zero-order chi connectivity index (χ0) is 26.5. The lowest BCUT2D eigenvalue weighted by atomic mass is 10.1. The van der Waals surface area contributed by atoms with Gasteiger partial charge in [-0.05, 0) is 45.3 Å². The van der Waals surface area contributed by atoms with E-state index in [4.69, 9.17) is 26.4 Å². The van der Waals surface area contributed by atoms with Crippen molar-refractivity contribution < 1.29 is 33.7 Å². The Morgan fingerprint density at radius 3 is 2.59 bits per heavy atom. The van der Waals surface area contributed by atoms with Crippen LogP contribution in [0.15, 0.2) is 51.8 Å². The van der Waals surface area contributed by atoms with E-state index in [0.29, 0.717) is 53.4 Å². The molecule has 1 N–H and O–H groups in total. The lowest BCUT2D eigenvalue weighted by Gasteiger charge is -2.27. The third kappa shape index (κ3) is 6.15. The van der Waals surface area contributed by atoms with Crippen LogP contribution in [0.4, 0.5) is 0 Å². The van der Waals surface area contributed by atoms with E-state index in [1.54, 1.807) is 53.4 Å². The van der Waals surface area contributed by atoms with E-state index in [1.165, 1.54) is 7.11 Å². The minimum Gasteiger partial charge on any atom is -0.493 e. The molecule has 37 heavy (non-hydrogen) atoms. The standard InChI is InChI=1S/C25H23BrN2O7S2/c1-33-18-12-15(11-17(26)22(18)35-14-20(29)27-7-9-34-10-8-27)13-19-23(30)28(25(36)37-19)21(24(31)32)16-5-3-2-4-6-16/h2-6,11-13,21H,7-10,14H2,1H3,(H,31,32)/b19-13+. The predicted octanol–water partition coefficient (Wildman–Crippen LogP) is 3.72. The lowest BCUT2D eigenvalue weighted by molar-refractivity contribution is -0.145. The maximum absolute atomic E-state index is 13.2. The van der Waals surface area contributed by atoms with Crippen molar-refractivity contribution in [2.45, 2.75) is 6.04 Å². The number of aliphatic carboxylic acids is 1. The smallest absolute Gasteiger partial charge is 0.331 e. The van der Waals surface area contributed by atoms with E-state index in [2.05, 4.69) is 15.9 Å². The number of carboxylic acids is 1. The van der Waals surface area contributed by atoms with Crippen molar-refractivity contribution in [3.8, 4) is 11.5 Å². The van der Waals surface area contributed by atoms with Crippen molar-refractivity contribution in [2.24, 2.45) is 0 Å². The number of carbonyl (C=O) groups excluding carboxylic acids is 2. The van der Waals surface area contributed by atoms with Gasteiger partial charge in [-0.2, -0.15) is 0 Å². The normalized spacial score (nSPS) is 17.7. The number of carbonyl (C=O) groups is 3. The highest BCUT2D eigenvalue weighted by molar-refractivity contribution is 9.10. The summed E-state index contributed by atoms with van der Waals surface area (Å²) in [4.78, 5) is 40.8. The molecule has 2 aliphatic heterocycles. The number of benzene rings is 2. The Labute approximate surface area is 231 Å². The number of amides is 2. The van der Waals surface area contributed by atoms with Crippen LogP contribution in [0.3, 0.4) is 0 Å². The molecule has 2 aromatic rings. The van der Waals surface area contributed by atoms with E-state index in [-0.39, 0.29) is 21.7 Å². The number of hydrogen-bond donors (Lipinski definition) is 1. The highest BCUT2D eigenvalue weighted by Crippen LogP contribution is 2.41. The molecule has 2 fully saturated rings. The van der Waals surface area contributed by atoms with Crippen molar-refractivity contribution in [2.75, 3.05) is 40.0 Å². The molecule has 1 atom stereocenters. The monoisotopic (exact) mass is 606 g/mol. The molecule has 2 saturated heterocycles. The molecule has 0 aliphatic carbocycles. The number of methoxy groups -OCH3 is 1. The quantitative estimate of drug-likeness (QED) is 0.355. The average Bonchev–Trinajstić information content (AvgIpc) is 3.16. The Morgan fingerprint density at radius 1 is 1.24 bits per heavy atom. The molecule has 0 aromatic heterocycles. The molecule has 1 unspecified atom stereocenters. The fourth-order valence-corrected chi connectivity index (χ4v) is 5.78. The van der Waals surface area contributed by atoms with Crippen LogP contribution in [0.25, 0.3) is 6.08 Å². The Kier molecular flexibility index (Phi) is 8.85. The molecule has 0 saturated carbocycles. The molecule has 9 nitrogen and oxygen atoms in total. The van der Waals surface area contributed by atoms with Crippen molar-refractivity contribution in [1.82, 2.24) is 9.80 Å². The van der Waals surface area contributed by atoms with Crippen molar-refractivity contribution in [3.63, 3.8) is 0 Å². The summed E-state index contributed by atoms with van der Waals surface area (Å²) in [5.41, 5.74) is 1.05. The molecule has 4 rings (SSSR count). The third-order valence-electron chi connectivity index (χ3n) is 5.68. The number of thiocarbonyl (C=S) groups is 1. The van der Waals surface area contributed by atoms with Gasteiger partial charge in [-0.1, -0.05) is 54.3 Å². The Balaban J connectivity index is 1.54. The zero-order valence-electron chi connectivity index (χ0n) is 19.7. The number of carboxylic acid groups (broad SMARTS) is 1. The molecular weight excluding hydrogens is 584 g/mol. The van der Waals surface area contributed by atoms with Crippen LogP contribution >= 0.6 is 39.9 Å². The van der Waals surface area contributed by atoms with Gasteiger partial charge in [0.25, 0.3) is 11.8 Å². The van der Waals surface area contributed by atoms with Gasteiger partial charge in [-0.15, -0.1) is 0 Å². The summed E-state index contributed by atoms with van der Waals surface area (Å²) in [7, 11) is 1.47. The molecule has 0 spiro atoms. The van der Waals surface area contributed by atoms with Crippen LogP contribution in [0.2, 0.25) is 0 Å². The molecule has 2 amide bonds. The van der Waals surface area contributed by atoms with Gasteiger partial charge in [0.2, 0.25) is 0 Å². The minimum atomic E-state index is -1.24. The number of thioether (sulfide) groups is 1. The second-order valence-corrected chi connectivity index (χ2v) is 10.5. The van der Waals surface area contributed by atoms with Gasteiger partial charge in [-0.3, -0.25) is 14.5 Å². The largest absolute Gasteiger partial charge is 0.493 e. The summed E-state index contributed by atoms with van der Waals surface area (Å²) >= 11 is 9.87. The van der Waals surface area contributed by atoms with Gasteiger partial charge in [-0.25, -0.2) is 4.79 Å². The fourth-order valence-electron chi connectivity index (χ4n) is 3.89. The lowest BCUT2D eigenvalue weighted by Crippen LogP contribution is -2.43. The number of halogens is 1. The number of ether oxygens (including phenoxy) is 3. The molecule has 0 bridgehead atoms. The number of morpholine rings is 1. The maximum atomic E-state index is 13.2. The highest BCUT2D eigenvalue weighted by Gasteiger charge is 2.41. The van der Waals surface area contributed by atoms with Crippen molar-refractivity contribution in [1.29, 1.82) is 0 Å². The molecule has 194 valence electrons. The van der Waals surface area contributed by atoms with Crippen LogP contribution < -0.4 is 9.47 Å². The third-order valence-corrected chi connectivity index (χ3v) is 7.60. The van der Waals surface area contributed by atoms with Crippen LogP contribution in [0.1, 0.15) is 17.2 Å². The summed E-state index contributed by atoms with van der Waals surface area (Å²) in [5, 5.41) is 9.85. The van der Waals surface area contributed by atoms with Crippen LogP contribution in [-0.4, -0.2) is 77.0 Å². The Bertz CT molecular complexity index is 1250. The second kappa shape index (κ2) is 12.1. The van der Waals surface area contributed by atoms with Gasteiger partial charge in [0.05, 0.1) is 29.7 Å². The van der Waals surface area contributed by atoms with Gasteiger partial charge >= 0.3 is 5.97 Å². The van der Waals surface area contributed by atoms with E-state index in [9.17, 15) is 19.5 Å². The van der Waals surface area contributed by atoms with Crippen molar-refractivity contribution >= 4 is 68.1 Å². The van der Waals surface area contributed by atoms with Gasteiger partial charge in [0, 0.05) is 13.1 Å². The molecule has 2 aromatic carbocycles. The second-order valence-electron chi connectivity index (χ2n) is 8.02. The van der Waals surface area contributed by atoms with E-state index < -0.39 is 17.9 Å². The first-order chi connectivity index (χ1) is 17.8. The van der Waals surface area contributed by atoms with Gasteiger partial charge in [0.1, 0.15) is 4.32 Å². The van der Waals surface area contributed by atoms with Crippen LogP contribution in [-0.2, 0) is 19.1 Å². The van der Waals surface area contributed by atoms with E-state index in [0.717, 1.165) is 16.7 Å². The first-order valence-electron chi connectivity index (χ1n) is 11.2. The average molecular weight is 608 g/mol. The number of rotatable bonds is 8. The van der Waals surface area contributed by atoms with E-state index >= 15 is 0 Å². The van der Waals surface area contributed by atoms with Gasteiger partial charge < -0.3 is 24.2 Å². The molecule has 0 radical (unpaired) electrons. The SMILES string of the molecule is COc1cc(/C=C2/SC(=S)N(C(C(=O)O)c3ccccc3)C2=O)cc(Br)c1OCC(=O)N1CCOCC1. The van der Waals surface area contributed by atoms with Crippen molar-refractivity contribution in [3.05, 3.63) is 63.0 Å². The maximum Gasteiger partial charge on any atom is 0.331 e. The van der Waals surface area contributed by atoms with Crippen LogP contribution in [0.5, 0.6) is 11.5 Å². The van der Waals surface area contributed by atoms with Crippen LogP contribution in [0, 0.1) is 0 Å². The topological polar surface area (TPSA) is 106 Å². The Hall–Kier alpha value is -2.93. The highest BCUT2D eigenvalue weighted by atomic mass is 79.9. The van der Waals surface area contributed by atoms with E-state index in [1.807, 2.05) is 0 Å². The first-order valence-corrected chi connectivity index (χ1v) is 13.2. The molecular formula is C25H23BrN2O7S2. The minimum absolute atomic E-state index is 0.153. The zero-order valence-corrected chi connectivity index (χ0v) is 22.9. The first kappa shape index (κ1) is 27.1. The summed E-state index contributed by atoms with van der Waals surface area (Å²) in [6.45, 7) is 1.87. The summed E-state index contributed by atoms with van der Waals surface area (Å²) in [5.74, 6) is -1.13. The molecule has 2 heterocycles. The number of nitrogens with zero attached hydrogens (tertiary/aromatic N) is 2. The summed E-state index contributed by atoms with van der Waals surface area (Å²) in [6.07, 6.45) is 1.61. The van der Waals surface area contributed by atoms with Gasteiger partial charge in [0.15, 0.2) is 24.1 Å².